The molecule has 6 heteroatoms. The minimum Gasteiger partial charge on any atom is -0.356 e. The molecular weight excluding hydrogens is 362 g/mol. The highest BCUT2D eigenvalue weighted by Crippen LogP contribution is 2.22. The van der Waals surface area contributed by atoms with Crippen molar-refractivity contribution >= 4 is 17.7 Å². The van der Waals surface area contributed by atoms with E-state index in [2.05, 4.69) is 39.9 Å². The van der Waals surface area contributed by atoms with Crippen molar-refractivity contribution < 1.29 is 4.79 Å². The van der Waals surface area contributed by atoms with Gasteiger partial charge in [-0.1, -0.05) is 29.8 Å². The first-order valence-electron chi connectivity index (χ1n) is 10.8. The first-order valence-corrected chi connectivity index (χ1v) is 10.8. The molecule has 4 rings (SSSR count). The topological polar surface area (TPSA) is 52.6 Å². The van der Waals surface area contributed by atoms with E-state index in [0.717, 1.165) is 62.3 Å². The normalized spacial score (nSPS) is 17.5. The van der Waals surface area contributed by atoms with Gasteiger partial charge in [-0.2, -0.15) is 4.98 Å². The third-order valence-electron chi connectivity index (χ3n) is 5.86. The van der Waals surface area contributed by atoms with E-state index in [1.807, 2.05) is 24.0 Å². The summed E-state index contributed by atoms with van der Waals surface area (Å²) in [6.07, 6.45) is 4.26. The summed E-state index contributed by atoms with van der Waals surface area (Å²) in [6.45, 7) is 9.27. The summed E-state index contributed by atoms with van der Waals surface area (Å²) >= 11 is 0. The van der Waals surface area contributed by atoms with Crippen molar-refractivity contribution in [2.24, 2.45) is 0 Å². The van der Waals surface area contributed by atoms with Crippen LogP contribution < -0.4 is 9.80 Å². The number of piperidine rings is 1. The zero-order valence-corrected chi connectivity index (χ0v) is 17.6. The Labute approximate surface area is 173 Å². The maximum absolute atomic E-state index is 12.7. The van der Waals surface area contributed by atoms with Crippen molar-refractivity contribution in [3.8, 4) is 0 Å². The maximum atomic E-state index is 12.7. The number of nitrogens with zero attached hydrogens (tertiary/aromatic N) is 5. The first kappa shape index (κ1) is 19.7. The molecule has 2 fully saturated rings. The highest BCUT2D eigenvalue weighted by atomic mass is 16.2. The van der Waals surface area contributed by atoms with Gasteiger partial charge in [-0.05, 0) is 38.7 Å². The average molecular weight is 394 g/mol. The Balaban J connectivity index is 1.38. The van der Waals surface area contributed by atoms with Crippen LogP contribution in [0.25, 0.3) is 0 Å². The third kappa shape index (κ3) is 4.86. The van der Waals surface area contributed by atoms with Crippen molar-refractivity contribution in [1.82, 2.24) is 14.9 Å². The number of benzene rings is 1. The summed E-state index contributed by atoms with van der Waals surface area (Å²) in [4.78, 5) is 28.8. The van der Waals surface area contributed by atoms with Gasteiger partial charge in [0.15, 0.2) is 0 Å². The third-order valence-corrected chi connectivity index (χ3v) is 5.86. The van der Waals surface area contributed by atoms with Crippen molar-refractivity contribution in [1.29, 1.82) is 0 Å². The molecule has 0 bridgehead atoms. The summed E-state index contributed by atoms with van der Waals surface area (Å²) in [5.41, 5.74) is 3.29. The van der Waals surface area contributed by atoms with E-state index < -0.39 is 0 Å². The molecule has 2 saturated heterocycles. The summed E-state index contributed by atoms with van der Waals surface area (Å²) in [7, 11) is 0. The van der Waals surface area contributed by atoms with Crippen molar-refractivity contribution in [3.05, 3.63) is 47.2 Å². The van der Waals surface area contributed by atoms with Gasteiger partial charge in [-0.15, -0.1) is 0 Å². The number of rotatable bonds is 4. The molecule has 1 aromatic heterocycles. The van der Waals surface area contributed by atoms with Gasteiger partial charge in [-0.3, -0.25) is 4.79 Å². The van der Waals surface area contributed by atoms with Gasteiger partial charge in [0, 0.05) is 51.0 Å². The van der Waals surface area contributed by atoms with E-state index in [-0.39, 0.29) is 5.91 Å². The highest BCUT2D eigenvalue weighted by molar-refractivity contribution is 5.79. The van der Waals surface area contributed by atoms with Gasteiger partial charge in [-0.25, -0.2) is 4.98 Å². The zero-order chi connectivity index (χ0) is 20.2. The number of aromatic nitrogens is 2. The summed E-state index contributed by atoms with van der Waals surface area (Å²) < 4.78 is 0. The van der Waals surface area contributed by atoms with Crippen LogP contribution in [0.15, 0.2) is 30.3 Å². The molecule has 0 radical (unpaired) electrons. The SMILES string of the molecule is Cc1cccc(CC(=O)N2CCN(c3nc(C)cc(N4CCCCC4)n3)CC2)c1. The number of piperazine rings is 1. The fraction of sp³-hybridized carbons (Fsp3) is 0.522. The number of aryl methyl sites for hydroxylation is 2. The van der Waals surface area contributed by atoms with Crippen LogP contribution in [0.4, 0.5) is 11.8 Å². The minimum atomic E-state index is 0.203. The number of anilines is 2. The fourth-order valence-electron chi connectivity index (χ4n) is 4.23. The van der Waals surface area contributed by atoms with E-state index in [0.29, 0.717) is 6.42 Å². The zero-order valence-electron chi connectivity index (χ0n) is 17.6. The van der Waals surface area contributed by atoms with E-state index in [4.69, 9.17) is 4.98 Å². The monoisotopic (exact) mass is 393 g/mol. The Morgan fingerprint density at radius 2 is 1.66 bits per heavy atom. The van der Waals surface area contributed by atoms with Crippen LogP contribution in [0.5, 0.6) is 0 Å². The second-order valence-electron chi connectivity index (χ2n) is 8.25. The molecule has 0 atom stereocenters. The van der Waals surface area contributed by atoms with Crippen molar-refractivity contribution in [2.75, 3.05) is 49.1 Å². The van der Waals surface area contributed by atoms with Crippen molar-refractivity contribution in [3.63, 3.8) is 0 Å². The number of carbonyl (C=O) groups excluding carboxylic acids is 1. The van der Waals surface area contributed by atoms with Gasteiger partial charge in [0.1, 0.15) is 5.82 Å². The molecule has 2 aliphatic heterocycles. The molecule has 29 heavy (non-hydrogen) atoms. The minimum absolute atomic E-state index is 0.203. The Morgan fingerprint density at radius 3 is 2.38 bits per heavy atom. The van der Waals surface area contributed by atoms with Crippen LogP contribution in [-0.4, -0.2) is 60.0 Å². The van der Waals surface area contributed by atoms with Gasteiger partial charge in [0.05, 0.1) is 6.42 Å². The van der Waals surface area contributed by atoms with Crippen LogP contribution in [0.3, 0.4) is 0 Å². The number of carbonyl (C=O) groups is 1. The van der Waals surface area contributed by atoms with Gasteiger partial charge in [0.25, 0.3) is 0 Å². The second kappa shape index (κ2) is 8.80. The molecule has 2 aromatic rings. The molecule has 0 spiro atoms. The number of hydrogen-bond acceptors (Lipinski definition) is 5. The lowest BCUT2D eigenvalue weighted by molar-refractivity contribution is -0.130. The Bertz CT molecular complexity index is 854. The largest absolute Gasteiger partial charge is 0.356 e. The predicted molar refractivity (Wildman–Crippen MR) is 117 cm³/mol. The van der Waals surface area contributed by atoms with E-state index in [1.54, 1.807) is 0 Å². The summed E-state index contributed by atoms with van der Waals surface area (Å²) in [5.74, 6) is 2.05. The Hall–Kier alpha value is -2.63. The van der Waals surface area contributed by atoms with E-state index >= 15 is 0 Å². The van der Waals surface area contributed by atoms with Gasteiger partial charge < -0.3 is 14.7 Å². The lowest BCUT2D eigenvalue weighted by atomic mass is 10.1. The molecule has 1 aromatic carbocycles. The standard InChI is InChI=1S/C23H31N5O/c1-18-7-6-8-20(15-18)17-22(29)27-11-13-28(14-12-27)23-24-19(2)16-21(25-23)26-9-4-3-5-10-26/h6-8,15-16H,3-5,9-14,17H2,1-2H3. The Morgan fingerprint density at radius 1 is 0.897 bits per heavy atom. The lowest BCUT2D eigenvalue weighted by Gasteiger charge is -2.35. The maximum Gasteiger partial charge on any atom is 0.227 e. The molecular formula is C23H31N5O. The first-order chi connectivity index (χ1) is 14.1. The molecule has 0 unspecified atom stereocenters. The van der Waals surface area contributed by atoms with Crippen LogP contribution in [0, 0.1) is 13.8 Å². The molecule has 6 nitrogen and oxygen atoms in total. The molecule has 3 heterocycles. The van der Waals surface area contributed by atoms with Crippen LogP contribution >= 0.6 is 0 Å². The quantitative estimate of drug-likeness (QED) is 0.799. The Kier molecular flexibility index (Phi) is 5.97. The molecule has 154 valence electrons. The number of hydrogen-bond donors (Lipinski definition) is 0. The fourth-order valence-corrected chi connectivity index (χ4v) is 4.23. The smallest absolute Gasteiger partial charge is 0.227 e. The van der Waals surface area contributed by atoms with Crippen LogP contribution in [0.1, 0.15) is 36.1 Å². The van der Waals surface area contributed by atoms with E-state index in [9.17, 15) is 4.79 Å². The summed E-state index contributed by atoms with van der Waals surface area (Å²) in [5, 5.41) is 0. The van der Waals surface area contributed by atoms with Crippen LogP contribution in [-0.2, 0) is 11.2 Å². The van der Waals surface area contributed by atoms with Crippen molar-refractivity contribution in [2.45, 2.75) is 39.5 Å². The molecule has 1 amide bonds. The molecule has 0 aliphatic carbocycles. The average Bonchev–Trinajstić information content (AvgIpc) is 2.74. The van der Waals surface area contributed by atoms with E-state index in [1.165, 1.54) is 24.8 Å². The second-order valence-corrected chi connectivity index (χ2v) is 8.25. The molecule has 0 saturated carbocycles. The summed E-state index contributed by atoms with van der Waals surface area (Å²) in [6, 6.07) is 10.3. The number of amides is 1. The lowest BCUT2D eigenvalue weighted by Crippen LogP contribution is -2.49. The predicted octanol–water partition coefficient (Wildman–Crippen LogP) is 2.98. The van der Waals surface area contributed by atoms with Gasteiger partial charge in [0.2, 0.25) is 11.9 Å². The van der Waals surface area contributed by atoms with Gasteiger partial charge >= 0.3 is 0 Å². The highest BCUT2D eigenvalue weighted by Gasteiger charge is 2.24. The molecule has 0 N–H and O–H groups in total. The molecule has 2 aliphatic rings. The van der Waals surface area contributed by atoms with Crippen LogP contribution in [0.2, 0.25) is 0 Å².